The molecule has 0 heterocycles. The second kappa shape index (κ2) is 7.80. The van der Waals surface area contributed by atoms with Gasteiger partial charge in [0.2, 0.25) is 12.1 Å². The molecule has 2 aliphatic rings. The lowest BCUT2D eigenvalue weighted by atomic mass is 9.93. The fraction of sp³-hybridized carbons (Fsp3) is 1.00. The van der Waals surface area contributed by atoms with Crippen LogP contribution < -0.4 is 0 Å². The van der Waals surface area contributed by atoms with Crippen LogP contribution in [0.1, 0.15) is 38.5 Å². The summed E-state index contributed by atoms with van der Waals surface area (Å²) in [5, 5.41) is 40.9. The van der Waals surface area contributed by atoms with Crippen molar-refractivity contribution in [1.82, 2.24) is 0 Å². The van der Waals surface area contributed by atoms with E-state index in [2.05, 4.69) is 0 Å². The summed E-state index contributed by atoms with van der Waals surface area (Å²) in [6.07, 6.45) is 1.18. The lowest BCUT2D eigenvalue weighted by Crippen LogP contribution is -2.41. The Morgan fingerprint density at radius 3 is 1.45 bits per heavy atom. The van der Waals surface area contributed by atoms with Gasteiger partial charge in [0, 0.05) is 22.7 Å². The third-order valence-corrected chi connectivity index (χ3v) is 7.82. The Labute approximate surface area is 135 Å². The van der Waals surface area contributed by atoms with Gasteiger partial charge < -0.3 is 10.2 Å². The second-order valence-electron chi connectivity index (χ2n) is 5.91. The predicted molar refractivity (Wildman–Crippen MR) is 84.0 cm³/mol. The number of nitrogens with zero attached hydrogens (tertiary/aromatic N) is 2. The number of hydrogen-bond donors (Lipinski definition) is 2. The number of aliphatic hydroxyl groups is 2. The molecule has 0 aromatic rings. The second-order valence-corrected chi connectivity index (χ2v) is 8.66. The standard InChI is InChI=1S/C12H20N2O6S2/c15-7-1-3-11(9(5-7)13(17)18)21-22-12-4-2-8(16)6-10(12)14(19)20/h7-12,15-16H,1-6H2. The first-order valence-corrected chi connectivity index (χ1v) is 9.61. The summed E-state index contributed by atoms with van der Waals surface area (Å²) in [7, 11) is 2.69. The van der Waals surface area contributed by atoms with Crippen molar-refractivity contribution < 1.29 is 20.1 Å². The first kappa shape index (κ1) is 17.8. The lowest BCUT2D eigenvalue weighted by Gasteiger charge is -2.31. The van der Waals surface area contributed by atoms with Gasteiger partial charge in [0.05, 0.1) is 22.7 Å². The highest BCUT2D eigenvalue weighted by atomic mass is 33.1. The molecule has 0 aliphatic heterocycles. The summed E-state index contributed by atoms with van der Waals surface area (Å²) in [5.74, 6) is 0. The molecule has 0 aromatic carbocycles. The van der Waals surface area contributed by atoms with E-state index in [1.165, 1.54) is 21.6 Å². The molecule has 0 aromatic heterocycles. The molecular formula is C12H20N2O6S2. The van der Waals surface area contributed by atoms with Crippen LogP contribution in [0.2, 0.25) is 0 Å². The number of hydrogen-bond acceptors (Lipinski definition) is 8. The molecule has 2 saturated carbocycles. The Bertz CT molecular complexity index is 388. The van der Waals surface area contributed by atoms with Crippen molar-refractivity contribution in [2.75, 3.05) is 0 Å². The van der Waals surface area contributed by atoms with Gasteiger partial charge in [-0.05, 0) is 25.7 Å². The fourth-order valence-electron chi connectivity index (χ4n) is 3.01. The molecule has 22 heavy (non-hydrogen) atoms. The number of nitro groups is 2. The third kappa shape index (κ3) is 4.46. The van der Waals surface area contributed by atoms with Crippen LogP contribution in [-0.4, -0.2) is 54.9 Å². The smallest absolute Gasteiger partial charge is 0.228 e. The molecular weight excluding hydrogens is 332 g/mol. The maximum absolute atomic E-state index is 11.1. The van der Waals surface area contributed by atoms with E-state index in [0.717, 1.165) is 0 Å². The number of rotatable bonds is 5. The van der Waals surface area contributed by atoms with Crippen LogP contribution in [0.15, 0.2) is 0 Å². The van der Waals surface area contributed by atoms with Crippen LogP contribution in [0.5, 0.6) is 0 Å². The number of aliphatic hydroxyl groups excluding tert-OH is 2. The molecule has 126 valence electrons. The van der Waals surface area contributed by atoms with Gasteiger partial charge in [-0.25, -0.2) is 0 Å². The van der Waals surface area contributed by atoms with Crippen LogP contribution in [0.25, 0.3) is 0 Å². The third-order valence-electron chi connectivity index (χ3n) is 4.30. The monoisotopic (exact) mass is 352 g/mol. The average Bonchev–Trinajstić information content (AvgIpc) is 2.46. The normalized spacial score (nSPS) is 39.4. The largest absolute Gasteiger partial charge is 0.393 e. The van der Waals surface area contributed by atoms with Crippen LogP contribution in [0, 0.1) is 20.2 Å². The molecule has 0 saturated heterocycles. The molecule has 0 bridgehead atoms. The van der Waals surface area contributed by atoms with Crippen molar-refractivity contribution in [2.24, 2.45) is 0 Å². The predicted octanol–water partition coefficient (Wildman–Crippen LogP) is 1.49. The van der Waals surface area contributed by atoms with E-state index in [-0.39, 0.29) is 33.2 Å². The first-order valence-electron chi connectivity index (χ1n) is 7.33. The molecule has 0 radical (unpaired) electrons. The Hall–Kier alpha value is -0.580. The van der Waals surface area contributed by atoms with Crippen LogP contribution in [0.4, 0.5) is 0 Å². The highest BCUT2D eigenvalue weighted by Crippen LogP contribution is 2.43. The van der Waals surface area contributed by atoms with Gasteiger partial charge in [-0.2, -0.15) is 0 Å². The molecule has 6 unspecified atom stereocenters. The Balaban J connectivity index is 1.92. The van der Waals surface area contributed by atoms with E-state index < -0.39 is 24.3 Å². The van der Waals surface area contributed by atoms with E-state index >= 15 is 0 Å². The van der Waals surface area contributed by atoms with Gasteiger partial charge in [0.1, 0.15) is 0 Å². The summed E-state index contributed by atoms with van der Waals surface area (Å²) >= 11 is 0. The van der Waals surface area contributed by atoms with E-state index in [4.69, 9.17) is 0 Å². The quantitative estimate of drug-likeness (QED) is 0.433. The van der Waals surface area contributed by atoms with Crippen molar-refractivity contribution in [3.63, 3.8) is 0 Å². The molecule has 2 fully saturated rings. The van der Waals surface area contributed by atoms with Gasteiger partial charge in [-0.1, -0.05) is 21.6 Å². The Morgan fingerprint density at radius 1 is 0.773 bits per heavy atom. The average molecular weight is 352 g/mol. The zero-order chi connectivity index (χ0) is 16.3. The van der Waals surface area contributed by atoms with Crippen molar-refractivity contribution in [3.8, 4) is 0 Å². The Morgan fingerprint density at radius 2 is 1.14 bits per heavy atom. The highest BCUT2D eigenvalue weighted by molar-refractivity contribution is 8.77. The summed E-state index contributed by atoms with van der Waals surface area (Å²) in [6, 6.07) is -1.60. The maximum atomic E-state index is 11.1. The van der Waals surface area contributed by atoms with Crippen molar-refractivity contribution >= 4 is 21.6 Å². The van der Waals surface area contributed by atoms with E-state index in [0.29, 0.717) is 25.7 Å². The summed E-state index contributed by atoms with van der Waals surface area (Å²) < 4.78 is 0. The van der Waals surface area contributed by atoms with Crippen LogP contribution in [-0.2, 0) is 0 Å². The minimum atomic E-state index is -0.801. The van der Waals surface area contributed by atoms with Crippen LogP contribution in [0.3, 0.4) is 0 Å². The SMILES string of the molecule is O=[N+]([O-])C1CC(O)CCC1SSC1CCC(O)CC1[N+](=O)[O-]. The molecule has 2 rings (SSSR count). The van der Waals surface area contributed by atoms with Crippen molar-refractivity contribution in [1.29, 1.82) is 0 Å². The maximum Gasteiger partial charge on any atom is 0.228 e. The van der Waals surface area contributed by atoms with E-state index in [9.17, 15) is 30.4 Å². The summed E-state index contributed by atoms with van der Waals surface area (Å²) in [4.78, 5) is 21.5. The zero-order valence-electron chi connectivity index (χ0n) is 11.9. The minimum Gasteiger partial charge on any atom is -0.393 e. The first-order chi connectivity index (χ1) is 10.4. The molecule has 2 aliphatic carbocycles. The molecule has 8 nitrogen and oxygen atoms in total. The summed E-state index contributed by atoms with van der Waals surface area (Å²) in [5.41, 5.74) is 0. The van der Waals surface area contributed by atoms with Gasteiger partial charge in [0.15, 0.2) is 0 Å². The Kier molecular flexibility index (Phi) is 6.30. The van der Waals surface area contributed by atoms with Crippen LogP contribution >= 0.6 is 21.6 Å². The highest BCUT2D eigenvalue weighted by Gasteiger charge is 2.42. The van der Waals surface area contributed by atoms with E-state index in [1.54, 1.807) is 0 Å². The summed E-state index contributed by atoms with van der Waals surface area (Å²) in [6.45, 7) is 0. The van der Waals surface area contributed by atoms with Crippen molar-refractivity contribution in [3.05, 3.63) is 20.2 Å². The molecule has 0 spiro atoms. The fourth-order valence-corrected chi connectivity index (χ4v) is 6.64. The molecule has 0 amide bonds. The zero-order valence-corrected chi connectivity index (χ0v) is 13.6. The van der Waals surface area contributed by atoms with Gasteiger partial charge >= 0.3 is 0 Å². The van der Waals surface area contributed by atoms with Gasteiger partial charge in [-0.3, -0.25) is 20.2 Å². The minimum absolute atomic E-state index is 0.146. The van der Waals surface area contributed by atoms with Gasteiger partial charge in [0.25, 0.3) is 0 Å². The van der Waals surface area contributed by atoms with E-state index in [1.807, 2.05) is 0 Å². The molecule has 2 N–H and O–H groups in total. The lowest BCUT2D eigenvalue weighted by molar-refractivity contribution is -0.526. The van der Waals surface area contributed by atoms with Gasteiger partial charge in [-0.15, -0.1) is 0 Å². The molecule has 6 atom stereocenters. The topological polar surface area (TPSA) is 127 Å². The van der Waals surface area contributed by atoms with Crippen molar-refractivity contribution in [2.45, 2.75) is 73.3 Å². The molecule has 10 heteroatoms.